The molecular formula is C14H19ClN2O5S2. The molecule has 1 unspecified atom stereocenters. The van der Waals surface area contributed by atoms with E-state index in [2.05, 4.69) is 4.72 Å². The summed E-state index contributed by atoms with van der Waals surface area (Å²) in [6.07, 6.45) is 0.381. The van der Waals surface area contributed by atoms with Gasteiger partial charge < -0.3 is 4.90 Å². The Kier molecular flexibility index (Phi) is 5.90. The van der Waals surface area contributed by atoms with Gasteiger partial charge in [0.15, 0.2) is 9.84 Å². The van der Waals surface area contributed by atoms with Crippen LogP contribution in [-0.2, 0) is 24.7 Å². The topological polar surface area (TPSA) is 101 Å². The molecule has 0 aromatic heterocycles. The maximum absolute atomic E-state index is 12.2. The number of halogens is 1. The first-order valence-corrected chi connectivity index (χ1v) is 11.0. The molecule has 0 radical (unpaired) electrons. The number of amides is 1. The van der Waals surface area contributed by atoms with Crippen LogP contribution in [0.4, 0.5) is 0 Å². The van der Waals surface area contributed by atoms with Crippen molar-refractivity contribution in [1.82, 2.24) is 9.62 Å². The second kappa shape index (κ2) is 7.38. The van der Waals surface area contributed by atoms with Gasteiger partial charge in [0.1, 0.15) is 0 Å². The summed E-state index contributed by atoms with van der Waals surface area (Å²) in [5.74, 6) is -0.295. The van der Waals surface area contributed by atoms with Crippen LogP contribution in [0.15, 0.2) is 29.2 Å². The van der Waals surface area contributed by atoms with Crippen LogP contribution >= 0.6 is 11.6 Å². The van der Waals surface area contributed by atoms with Gasteiger partial charge in [-0.1, -0.05) is 11.6 Å². The fourth-order valence-corrected chi connectivity index (χ4v) is 5.49. The fraction of sp³-hybridized carbons (Fsp3) is 0.500. The highest BCUT2D eigenvalue weighted by Gasteiger charge is 2.33. The van der Waals surface area contributed by atoms with E-state index in [1.165, 1.54) is 36.1 Å². The number of carbonyl (C=O) groups is 1. The number of nitrogens with one attached hydrogen (secondary N) is 1. The number of sulfonamides is 1. The van der Waals surface area contributed by atoms with Crippen LogP contribution in [-0.4, -0.2) is 58.3 Å². The lowest BCUT2D eigenvalue weighted by Gasteiger charge is -2.27. The minimum Gasteiger partial charge on any atom is -0.338 e. The van der Waals surface area contributed by atoms with Crippen molar-refractivity contribution in [2.45, 2.75) is 24.3 Å². The Bertz CT molecular complexity index is 806. The normalized spacial score (nSPS) is 20.0. The molecule has 2 rings (SSSR count). The highest BCUT2D eigenvalue weighted by atomic mass is 35.5. The van der Waals surface area contributed by atoms with Crippen molar-refractivity contribution >= 4 is 37.4 Å². The Morgan fingerprint density at radius 3 is 2.46 bits per heavy atom. The molecule has 0 spiro atoms. The predicted octanol–water partition coefficient (Wildman–Crippen LogP) is 0.654. The molecule has 1 amide bonds. The van der Waals surface area contributed by atoms with Crippen LogP contribution in [0.2, 0.25) is 5.02 Å². The number of hydrogen-bond donors (Lipinski definition) is 1. The number of rotatable bonds is 6. The predicted molar refractivity (Wildman–Crippen MR) is 91.1 cm³/mol. The Morgan fingerprint density at radius 2 is 1.96 bits per heavy atom. The molecule has 1 saturated heterocycles. The van der Waals surface area contributed by atoms with Crippen LogP contribution < -0.4 is 4.72 Å². The van der Waals surface area contributed by atoms with Crippen LogP contribution in [0.25, 0.3) is 0 Å². The molecule has 1 atom stereocenters. The van der Waals surface area contributed by atoms with Gasteiger partial charge in [0, 0.05) is 31.1 Å². The summed E-state index contributed by atoms with van der Waals surface area (Å²) < 4.78 is 49.8. The first-order chi connectivity index (χ1) is 11.1. The molecule has 1 aromatic rings. The molecule has 10 heteroatoms. The van der Waals surface area contributed by atoms with Gasteiger partial charge in [-0.3, -0.25) is 4.79 Å². The molecule has 1 aliphatic rings. The molecule has 1 aromatic carbocycles. The third-order valence-corrected chi connectivity index (χ3v) is 7.30. The average molecular weight is 395 g/mol. The van der Waals surface area contributed by atoms with Crippen LogP contribution in [0.5, 0.6) is 0 Å². The minimum atomic E-state index is -3.71. The van der Waals surface area contributed by atoms with Gasteiger partial charge in [0.25, 0.3) is 0 Å². The van der Waals surface area contributed by atoms with Gasteiger partial charge in [0.05, 0.1) is 16.4 Å². The second-order valence-corrected chi connectivity index (χ2v) is 10.1. The standard InChI is InChI=1S/C14H19ClN2O5S2/c1-11(18)17(13-6-9-23(19,20)10-13)8-7-16-24(21,22)14-4-2-12(15)3-5-14/h2-5,13,16H,6-10H2,1H3. The van der Waals surface area contributed by atoms with E-state index >= 15 is 0 Å². The van der Waals surface area contributed by atoms with Gasteiger partial charge in [-0.05, 0) is 30.7 Å². The van der Waals surface area contributed by atoms with Gasteiger partial charge in [-0.25, -0.2) is 21.6 Å². The van der Waals surface area contributed by atoms with E-state index in [0.29, 0.717) is 11.4 Å². The lowest BCUT2D eigenvalue weighted by Crippen LogP contribution is -2.44. The van der Waals surface area contributed by atoms with Gasteiger partial charge in [0.2, 0.25) is 15.9 Å². The Labute approximate surface area is 147 Å². The molecule has 1 N–H and O–H groups in total. The maximum Gasteiger partial charge on any atom is 0.240 e. The molecule has 1 aliphatic heterocycles. The van der Waals surface area contributed by atoms with E-state index in [1.54, 1.807) is 0 Å². The molecule has 24 heavy (non-hydrogen) atoms. The van der Waals surface area contributed by atoms with Crippen LogP contribution in [0.1, 0.15) is 13.3 Å². The number of hydrogen-bond acceptors (Lipinski definition) is 5. The van der Waals surface area contributed by atoms with Gasteiger partial charge >= 0.3 is 0 Å². The minimum absolute atomic E-state index is 0.00108. The summed E-state index contributed by atoms with van der Waals surface area (Å²) in [5, 5.41) is 0.430. The van der Waals surface area contributed by atoms with E-state index in [4.69, 9.17) is 11.6 Å². The van der Waals surface area contributed by atoms with Crippen molar-refractivity contribution in [1.29, 1.82) is 0 Å². The van der Waals surface area contributed by atoms with Crippen LogP contribution in [0, 0.1) is 0 Å². The zero-order valence-electron chi connectivity index (χ0n) is 13.1. The summed E-state index contributed by atoms with van der Waals surface area (Å²) in [4.78, 5) is 13.2. The SMILES string of the molecule is CC(=O)N(CCNS(=O)(=O)c1ccc(Cl)cc1)C1CCS(=O)(=O)C1. The smallest absolute Gasteiger partial charge is 0.240 e. The Balaban J connectivity index is 1.98. The molecule has 7 nitrogen and oxygen atoms in total. The lowest BCUT2D eigenvalue weighted by molar-refractivity contribution is -0.130. The molecular weight excluding hydrogens is 376 g/mol. The quantitative estimate of drug-likeness (QED) is 0.763. The van der Waals surface area contributed by atoms with Crippen molar-refractivity contribution < 1.29 is 21.6 Å². The molecule has 0 saturated carbocycles. The lowest BCUT2D eigenvalue weighted by atomic mass is 10.2. The molecule has 134 valence electrons. The van der Waals surface area contributed by atoms with Crippen molar-refractivity contribution in [3.8, 4) is 0 Å². The average Bonchev–Trinajstić information content (AvgIpc) is 2.83. The van der Waals surface area contributed by atoms with E-state index in [-0.39, 0.29) is 35.4 Å². The summed E-state index contributed by atoms with van der Waals surface area (Å²) in [6, 6.07) is 5.32. The van der Waals surface area contributed by atoms with E-state index in [0.717, 1.165) is 0 Å². The first kappa shape index (κ1) is 19.2. The van der Waals surface area contributed by atoms with Crippen molar-refractivity contribution in [2.24, 2.45) is 0 Å². The highest BCUT2D eigenvalue weighted by Crippen LogP contribution is 2.18. The zero-order valence-corrected chi connectivity index (χ0v) is 15.5. The van der Waals surface area contributed by atoms with E-state index in [9.17, 15) is 21.6 Å². The Morgan fingerprint density at radius 1 is 1.33 bits per heavy atom. The number of nitrogens with zero attached hydrogens (tertiary/aromatic N) is 1. The zero-order chi connectivity index (χ0) is 18.0. The van der Waals surface area contributed by atoms with E-state index < -0.39 is 25.9 Å². The summed E-state index contributed by atoms with van der Waals surface area (Å²) in [6.45, 7) is 1.46. The summed E-state index contributed by atoms with van der Waals surface area (Å²) >= 11 is 5.73. The van der Waals surface area contributed by atoms with E-state index in [1.807, 2.05) is 0 Å². The van der Waals surface area contributed by atoms with Crippen molar-refractivity contribution in [3.63, 3.8) is 0 Å². The highest BCUT2D eigenvalue weighted by molar-refractivity contribution is 7.91. The maximum atomic E-state index is 12.2. The Hall–Kier alpha value is -1.16. The third kappa shape index (κ3) is 4.92. The van der Waals surface area contributed by atoms with Gasteiger partial charge in [-0.15, -0.1) is 0 Å². The van der Waals surface area contributed by atoms with Crippen molar-refractivity contribution in [2.75, 3.05) is 24.6 Å². The number of carbonyl (C=O) groups excluding carboxylic acids is 1. The fourth-order valence-electron chi connectivity index (χ4n) is 2.62. The molecule has 0 aliphatic carbocycles. The van der Waals surface area contributed by atoms with Crippen molar-refractivity contribution in [3.05, 3.63) is 29.3 Å². The monoisotopic (exact) mass is 394 g/mol. The second-order valence-electron chi connectivity index (χ2n) is 5.62. The first-order valence-electron chi connectivity index (χ1n) is 7.33. The largest absolute Gasteiger partial charge is 0.338 e. The third-order valence-electron chi connectivity index (χ3n) is 3.82. The summed E-state index contributed by atoms with van der Waals surface area (Å²) in [5.41, 5.74) is 0. The number of sulfone groups is 1. The summed E-state index contributed by atoms with van der Waals surface area (Å²) in [7, 11) is -6.83. The molecule has 1 heterocycles. The van der Waals surface area contributed by atoms with Gasteiger partial charge in [-0.2, -0.15) is 0 Å². The van der Waals surface area contributed by atoms with Crippen LogP contribution in [0.3, 0.4) is 0 Å². The molecule has 0 bridgehead atoms. The molecule has 1 fully saturated rings. The number of benzene rings is 1.